The van der Waals surface area contributed by atoms with Crippen LogP contribution in [0.15, 0.2) is 59.3 Å². The van der Waals surface area contributed by atoms with Crippen LogP contribution in [0.5, 0.6) is 5.75 Å². The Bertz CT molecular complexity index is 949. The average Bonchev–Trinajstić information content (AvgIpc) is 3.18. The van der Waals surface area contributed by atoms with Gasteiger partial charge in [-0.15, -0.1) is 11.3 Å². The number of benzene rings is 1. The first-order valence-electron chi connectivity index (χ1n) is 6.29. The molecule has 0 aliphatic carbocycles. The third-order valence-electron chi connectivity index (χ3n) is 2.85. The van der Waals surface area contributed by atoms with Crippen LogP contribution in [-0.2, 0) is 10.1 Å². The monoisotopic (exact) mass is 368 g/mol. The number of imidazole rings is 1. The van der Waals surface area contributed by atoms with Crippen molar-refractivity contribution in [3.63, 3.8) is 0 Å². The zero-order valence-corrected chi connectivity index (χ0v) is 13.8. The lowest BCUT2D eigenvalue weighted by Gasteiger charge is -2.09. The second-order valence-electron chi connectivity index (χ2n) is 4.37. The molecule has 0 unspecified atom stereocenters. The van der Waals surface area contributed by atoms with Crippen molar-refractivity contribution in [2.24, 2.45) is 0 Å². The Hall–Kier alpha value is -2.16. The Morgan fingerprint density at radius 3 is 2.65 bits per heavy atom. The second kappa shape index (κ2) is 6.15. The SMILES string of the molecule is O=C(c1ccccc1OS(=O)(=O)c1ccc(Cl)s1)n1ccnc1. The van der Waals surface area contributed by atoms with Crippen molar-refractivity contribution in [3.05, 3.63) is 65.0 Å². The van der Waals surface area contributed by atoms with Crippen LogP contribution in [0.4, 0.5) is 0 Å². The Morgan fingerprint density at radius 1 is 1.22 bits per heavy atom. The Kier molecular flexibility index (Phi) is 4.20. The quantitative estimate of drug-likeness (QED) is 0.661. The summed E-state index contributed by atoms with van der Waals surface area (Å²) in [5.41, 5.74) is 0.108. The molecule has 0 radical (unpaired) electrons. The summed E-state index contributed by atoms with van der Waals surface area (Å²) in [6.07, 6.45) is 4.24. The fourth-order valence-corrected chi connectivity index (χ4v) is 4.22. The van der Waals surface area contributed by atoms with Crippen molar-refractivity contribution in [2.75, 3.05) is 0 Å². The van der Waals surface area contributed by atoms with Crippen molar-refractivity contribution in [3.8, 4) is 5.75 Å². The minimum Gasteiger partial charge on any atom is -0.378 e. The molecule has 6 nitrogen and oxygen atoms in total. The van der Waals surface area contributed by atoms with Gasteiger partial charge < -0.3 is 4.18 Å². The molecule has 0 amide bonds. The summed E-state index contributed by atoms with van der Waals surface area (Å²) in [7, 11) is -4.06. The molecule has 0 fully saturated rings. The number of thiophene rings is 1. The minimum atomic E-state index is -4.06. The molecule has 0 saturated carbocycles. The van der Waals surface area contributed by atoms with Crippen LogP contribution in [0.3, 0.4) is 0 Å². The zero-order valence-electron chi connectivity index (χ0n) is 11.4. The van der Waals surface area contributed by atoms with E-state index in [1.807, 2.05) is 0 Å². The summed E-state index contributed by atoms with van der Waals surface area (Å²) >= 11 is 6.63. The van der Waals surface area contributed by atoms with Gasteiger partial charge in [-0.2, -0.15) is 8.42 Å². The van der Waals surface area contributed by atoms with E-state index in [-0.39, 0.29) is 15.5 Å². The molecule has 3 aromatic rings. The summed E-state index contributed by atoms with van der Waals surface area (Å²) in [4.78, 5) is 16.2. The molecule has 2 heterocycles. The number of rotatable bonds is 4. The van der Waals surface area contributed by atoms with Crippen molar-refractivity contribution in [1.29, 1.82) is 0 Å². The van der Waals surface area contributed by atoms with Crippen LogP contribution in [0, 0.1) is 0 Å². The normalized spacial score (nSPS) is 11.3. The van der Waals surface area contributed by atoms with Gasteiger partial charge in [0.25, 0.3) is 5.91 Å². The molecule has 9 heteroatoms. The summed E-state index contributed by atoms with van der Waals surface area (Å²) in [6, 6.07) is 8.90. The van der Waals surface area contributed by atoms with Crippen molar-refractivity contribution in [2.45, 2.75) is 4.21 Å². The van der Waals surface area contributed by atoms with E-state index in [0.29, 0.717) is 4.34 Å². The van der Waals surface area contributed by atoms with E-state index in [0.717, 1.165) is 11.3 Å². The molecule has 0 spiro atoms. The van der Waals surface area contributed by atoms with Gasteiger partial charge in [0.15, 0.2) is 9.96 Å². The van der Waals surface area contributed by atoms with E-state index in [1.54, 1.807) is 12.1 Å². The molecule has 0 aliphatic rings. The van der Waals surface area contributed by atoms with Gasteiger partial charge in [-0.1, -0.05) is 23.7 Å². The Balaban J connectivity index is 1.97. The third kappa shape index (κ3) is 3.29. The standard InChI is InChI=1S/C14H9ClN2O4S2/c15-12-5-6-13(22-12)23(19,20)21-11-4-2-1-3-10(11)14(18)17-8-7-16-9-17/h1-9H. The van der Waals surface area contributed by atoms with Crippen LogP contribution in [0.1, 0.15) is 10.4 Å². The molecule has 1 aromatic carbocycles. The first-order valence-corrected chi connectivity index (χ1v) is 8.89. The molecule has 3 rings (SSSR count). The summed E-state index contributed by atoms with van der Waals surface area (Å²) in [5.74, 6) is -0.506. The smallest absolute Gasteiger partial charge is 0.348 e. The van der Waals surface area contributed by atoms with E-state index in [1.165, 1.54) is 47.6 Å². The van der Waals surface area contributed by atoms with Gasteiger partial charge >= 0.3 is 10.1 Å². The molecule has 2 aromatic heterocycles. The predicted octanol–water partition coefficient (Wildman–Crippen LogP) is 3.05. The maximum atomic E-state index is 12.4. The maximum absolute atomic E-state index is 12.4. The molecule has 0 saturated heterocycles. The first kappa shape index (κ1) is 15.7. The zero-order chi connectivity index (χ0) is 16.4. The van der Waals surface area contributed by atoms with Crippen molar-refractivity contribution >= 4 is 39.0 Å². The fourth-order valence-electron chi connectivity index (χ4n) is 1.83. The minimum absolute atomic E-state index is 0.0348. The molecule has 0 bridgehead atoms. The van der Waals surface area contributed by atoms with E-state index in [2.05, 4.69) is 4.98 Å². The average molecular weight is 369 g/mol. The van der Waals surface area contributed by atoms with Gasteiger partial charge in [-0.25, -0.2) is 4.98 Å². The van der Waals surface area contributed by atoms with Gasteiger partial charge in [-0.05, 0) is 24.3 Å². The van der Waals surface area contributed by atoms with Gasteiger partial charge in [0.05, 0.1) is 9.90 Å². The number of carbonyl (C=O) groups excluding carboxylic acids is 1. The lowest BCUT2D eigenvalue weighted by Crippen LogP contribution is -2.14. The van der Waals surface area contributed by atoms with Crippen LogP contribution in [0.25, 0.3) is 0 Å². The van der Waals surface area contributed by atoms with Gasteiger partial charge in [-0.3, -0.25) is 9.36 Å². The van der Waals surface area contributed by atoms with Crippen LogP contribution in [0.2, 0.25) is 4.34 Å². The van der Waals surface area contributed by atoms with Crippen molar-refractivity contribution in [1.82, 2.24) is 9.55 Å². The summed E-state index contributed by atoms with van der Waals surface area (Å²) in [6.45, 7) is 0. The summed E-state index contributed by atoms with van der Waals surface area (Å²) < 4.78 is 31.2. The Labute approximate surface area is 141 Å². The largest absolute Gasteiger partial charge is 0.378 e. The summed E-state index contributed by atoms with van der Waals surface area (Å²) in [5, 5.41) is 0. The van der Waals surface area contributed by atoms with E-state index < -0.39 is 16.0 Å². The van der Waals surface area contributed by atoms with Crippen LogP contribution in [-0.4, -0.2) is 23.9 Å². The van der Waals surface area contributed by atoms with Gasteiger partial charge in [0.1, 0.15) is 6.33 Å². The van der Waals surface area contributed by atoms with E-state index in [9.17, 15) is 13.2 Å². The topological polar surface area (TPSA) is 78.3 Å². The number of hydrogen-bond acceptors (Lipinski definition) is 6. The first-order chi connectivity index (χ1) is 11.0. The lowest BCUT2D eigenvalue weighted by molar-refractivity contribution is 0.0958. The molecule has 0 atom stereocenters. The predicted molar refractivity (Wildman–Crippen MR) is 85.5 cm³/mol. The highest BCUT2D eigenvalue weighted by atomic mass is 35.5. The van der Waals surface area contributed by atoms with Crippen LogP contribution >= 0.6 is 22.9 Å². The number of aromatic nitrogens is 2. The van der Waals surface area contributed by atoms with Gasteiger partial charge in [0.2, 0.25) is 0 Å². The molecule has 23 heavy (non-hydrogen) atoms. The highest BCUT2D eigenvalue weighted by Crippen LogP contribution is 2.29. The van der Waals surface area contributed by atoms with E-state index in [4.69, 9.17) is 15.8 Å². The molecule has 0 N–H and O–H groups in total. The highest BCUT2D eigenvalue weighted by Gasteiger charge is 2.23. The lowest BCUT2D eigenvalue weighted by atomic mass is 10.2. The Morgan fingerprint density at radius 2 is 2.00 bits per heavy atom. The van der Waals surface area contributed by atoms with Crippen LogP contribution < -0.4 is 4.18 Å². The highest BCUT2D eigenvalue weighted by molar-refractivity contribution is 7.89. The van der Waals surface area contributed by atoms with E-state index >= 15 is 0 Å². The number of halogens is 1. The number of nitrogens with zero attached hydrogens (tertiary/aromatic N) is 2. The van der Waals surface area contributed by atoms with Gasteiger partial charge in [0, 0.05) is 12.4 Å². The number of para-hydroxylation sites is 1. The molecular weight excluding hydrogens is 360 g/mol. The number of carbonyl (C=O) groups is 1. The molecule has 0 aliphatic heterocycles. The third-order valence-corrected chi connectivity index (χ3v) is 5.77. The van der Waals surface area contributed by atoms with Crippen molar-refractivity contribution < 1.29 is 17.4 Å². The molecular formula is C14H9ClN2O4S2. The maximum Gasteiger partial charge on any atom is 0.348 e. The molecule has 118 valence electrons. The number of hydrogen-bond donors (Lipinski definition) is 0. The second-order valence-corrected chi connectivity index (χ2v) is 7.86. The fraction of sp³-hybridized carbons (Fsp3) is 0.